The Morgan fingerprint density at radius 2 is 2.25 bits per heavy atom. The zero-order valence-electron chi connectivity index (χ0n) is 12.5. The van der Waals surface area contributed by atoms with Crippen molar-refractivity contribution in [3.8, 4) is 0 Å². The third-order valence-electron chi connectivity index (χ3n) is 2.45. The van der Waals surface area contributed by atoms with E-state index < -0.39 is 0 Å². The number of guanidine groups is 1. The molecule has 0 aromatic carbocycles. The molecule has 1 atom stereocenters. The average molecular weight is 397 g/mol. The number of hydrogen-bond acceptors (Lipinski definition) is 5. The summed E-state index contributed by atoms with van der Waals surface area (Å²) in [5.74, 6) is 2.12. The molecule has 20 heavy (non-hydrogen) atoms. The highest BCUT2D eigenvalue weighted by atomic mass is 127. The molecule has 1 unspecified atom stereocenters. The molecule has 0 amide bonds. The standard InChI is InChI=1S/C12H23N5O2.HI/c1-9(8-18-4)15-12(13-3)14-7-5-6-11-16-10(2)17-19-11;/h9H,5-8H2,1-4H3,(H2,13,14,15);1H. The summed E-state index contributed by atoms with van der Waals surface area (Å²) in [5, 5.41) is 10.2. The monoisotopic (exact) mass is 397 g/mol. The number of nitrogens with zero attached hydrogens (tertiary/aromatic N) is 3. The highest BCUT2D eigenvalue weighted by Crippen LogP contribution is 1.98. The van der Waals surface area contributed by atoms with Crippen molar-refractivity contribution in [2.24, 2.45) is 4.99 Å². The van der Waals surface area contributed by atoms with Gasteiger partial charge < -0.3 is 19.9 Å². The van der Waals surface area contributed by atoms with E-state index in [-0.39, 0.29) is 30.0 Å². The lowest BCUT2D eigenvalue weighted by Crippen LogP contribution is -2.44. The number of rotatable bonds is 7. The molecule has 8 heteroatoms. The molecule has 1 aromatic heterocycles. The zero-order valence-corrected chi connectivity index (χ0v) is 14.8. The summed E-state index contributed by atoms with van der Waals surface area (Å²) >= 11 is 0. The molecule has 0 bridgehead atoms. The molecule has 0 saturated carbocycles. The van der Waals surface area contributed by atoms with Crippen LogP contribution in [-0.4, -0.2) is 49.5 Å². The van der Waals surface area contributed by atoms with Gasteiger partial charge in [0.05, 0.1) is 6.61 Å². The predicted molar refractivity (Wildman–Crippen MR) is 88.6 cm³/mol. The van der Waals surface area contributed by atoms with E-state index in [1.807, 2.05) is 13.8 Å². The van der Waals surface area contributed by atoms with Gasteiger partial charge >= 0.3 is 0 Å². The topological polar surface area (TPSA) is 84.6 Å². The molecular weight excluding hydrogens is 373 g/mol. The SMILES string of the molecule is CN=C(NCCCc1nc(C)no1)NC(C)COC.I. The summed E-state index contributed by atoms with van der Waals surface area (Å²) in [6, 6.07) is 0.217. The largest absolute Gasteiger partial charge is 0.383 e. The molecule has 1 aromatic rings. The Kier molecular flexibility index (Phi) is 10.3. The number of ether oxygens (including phenoxy) is 1. The summed E-state index contributed by atoms with van der Waals surface area (Å²) in [7, 11) is 3.43. The Morgan fingerprint density at radius 1 is 1.50 bits per heavy atom. The fourth-order valence-corrected chi connectivity index (χ4v) is 1.61. The van der Waals surface area contributed by atoms with Crippen LogP contribution in [0, 0.1) is 6.92 Å². The minimum atomic E-state index is 0. The van der Waals surface area contributed by atoms with Crippen LogP contribution in [0.15, 0.2) is 9.52 Å². The van der Waals surface area contributed by atoms with Gasteiger partial charge in [-0.1, -0.05) is 5.16 Å². The fourth-order valence-electron chi connectivity index (χ4n) is 1.61. The van der Waals surface area contributed by atoms with Crippen LogP contribution in [0.4, 0.5) is 0 Å². The van der Waals surface area contributed by atoms with E-state index in [0.717, 1.165) is 25.3 Å². The first kappa shape index (κ1) is 19.1. The van der Waals surface area contributed by atoms with Crippen LogP contribution >= 0.6 is 24.0 Å². The van der Waals surface area contributed by atoms with Gasteiger partial charge in [0.2, 0.25) is 5.89 Å². The third-order valence-corrected chi connectivity index (χ3v) is 2.45. The van der Waals surface area contributed by atoms with E-state index in [0.29, 0.717) is 18.3 Å². The van der Waals surface area contributed by atoms with Crippen molar-refractivity contribution in [2.75, 3.05) is 27.3 Å². The van der Waals surface area contributed by atoms with Crippen LogP contribution < -0.4 is 10.6 Å². The van der Waals surface area contributed by atoms with Gasteiger partial charge in [-0.05, 0) is 20.3 Å². The molecule has 1 heterocycles. The van der Waals surface area contributed by atoms with Gasteiger partial charge in [0, 0.05) is 33.2 Å². The van der Waals surface area contributed by atoms with Gasteiger partial charge in [-0.25, -0.2) is 0 Å². The summed E-state index contributed by atoms with van der Waals surface area (Å²) in [6.07, 6.45) is 1.67. The molecule has 0 saturated heterocycles. The summed E-state index contributed by atoms with van der Waals surface area (Å²) < 4.78 is 10.1. The lowest BCUT2D eigenvalue weighted by Gasteiger charge is -2.16. The number of methoxy groups -OCH3 is 1. The number of hydrogen-bond donors (Lipinski definition) is 2. The number of halogens is 1. The van der Waals surface area contributed by atoms with Crippen LogP contribution in [-0.2, 0) is 11.2 Å². The van der Waals surface area contributed by atoms with E-state index in [2.05, 4.69) is 25.8 Å². The van der Waals surface area contributed by atoms with E-state index >= 15 is 0 Å². The van der Waals surface area contributed by atoms with Gasteiger partial charge in [-0.3, -0.25) is 4.99 Å². The normalized spacial score (nSPS) is 12.7. The van der Waals surface area contributed by atoms with Crippen molar-refractivity contribution in [1.29, 1.82) is 0 Å². The highest BCUT2D eigenvalue weighted by molar-refractivity contribution is 14.0. The third kappa shape index (κ3) is 7.63. The van der Waals surface area contributed by atoms with Crippen molar-refractivity contribution in [1.82, 2.24) is 20.8 Å². The molecule has 116 valence electrons. The molecule has 0 aliphatic heterocycles. The lowest BCUT2D eigenvalue weighted by atomic mass is 10.3. The van der Waals surface area contributed by atoms with Crippen molar-refractivity contribution in [2.45, 2.75) is 32.7 Å². The Hall–Kier alpha value is -0.900. The Bertz CT molecular complexity index is 397. The van der Waals surface area contributed by atoms with Crippen LogP contribution in [0.1, 0.15) is 25.1 Å². The first-order valence-electron chi connectivity index (χ1n) is 6.41. The molecular formula is C12H24IN5O2. The molecule has 0 spiro atoms. The van der Waals surface area contributed by atoms with E-state index in [1.165, 1.54) is 0 Å². The quantitative estimate of drug-likeness (QED) is 0.311. The number of aryl methyl sites for hydroxylation is 2. The van der Waals surface area contributed by atoms with Gasteiger partial charge in [0.1, 0.15) is 0 Å². The Morgan fingerprint density at radius 3 is 2.80 bits per heavy atom. The van der Waals surface area contributed by atoms with Gasteiger partial charge in [-0.15, -0.1) is 24.0 Å². The molecule has 0 aliphatic carbocycles. The van der Waals surface area contributed by atoms with Crippen molar-refractivity contribution >= 4 is 29.9 Å². The minimum Gasteiger partial charge on any atom is -0.383 e. The second-order valence-electron chi connectivity index (χ2n) is 4.34. The Labute approximate surface area is 137 Å². The number of aromatic nitrogens is 2. The first-order valence-corrected chi connectivity index (χ1v) is 6.41. The molecule has 7 nitrogen and oxygen atoms in total. The van der Waals surface area contributed by atoms with Crippen LogP contribution in [0.25, 0.3) is 0 Å². The smallest absolute Gasteiger partial charge is 0.226 e. The second-order valence-corrected chi connectivity index (χ2v) is 4.34. The first-order chi connectivity index (χ1) is 9.15. The summed E-state index contributed by atoms with van der Waals surface area (Å²) in [6.45, 7) is 5.29. The van der Waals surface area contributed by atoms with E-state index in [9.17, 15) is 0 Å². The molecule has 0 aliphatic rings. The van der Waals surface area contributed by atoms with Crippen molar-refractivity contribution in [3.05, 3.63) is 11.7 Å². The van der Waals surface area contributed by atoms with E-state index in [4.69, 9.17) is 9.26 Å². The summed E-state index contributed by atoms with van der Waals surface area (Å²) in [5.41, 5.74) is 0. The highest BCUT2D eigenvalue weighted by Gasteiger charge is 2.05. The minimum absolute atomic E-state index is 0. The second kappa shape index (κ2) is 10.8. The van der Waals surface area contributed by atoms with Crippen LogP contribution in [0.2, 0.25) is 0 Å². The van der Waals surface area contributed by atoms with Gasteiger partial charge in [0.25, 0.3) is 0 Å². The maximum atomic E-state index is 5.06. The maximum Gasteiger partial charge on any atom is 0.226 e. The van der Waals surface area contributed by atoms with Gasteiger partial charge in [-0.2, -0.15) is 4.98 Å². The average Bonchev–Trinajstić information content (AvgIpc) is 2.79. The Balaban J connectivity index is 0.00000361. The molecule has 0 fully saturated rings. The molecule has 2 N–H and O–H groups in total. The number of nitrogens with one attached hydrogen (secondary N) is 2. The predicted octanol–water partition coefficient (Wildman–Crippen LogP) is 1.13. The zero-order chi connectivity index (χ0) is 14.1. The van der Waals surface area contributed by atoms with Gasteiger partial charge in [0.15, 0.2) is 11.8 Å². The molecule has 1 rings (SSSR count). The lowest BCUT2D eigenvalue weighted by molar-refractivity contribution is 0.179. The fraction of sp³-hybridized carbons (Fsp3) is 0.750. The molecule has 0 radical (unpaired) electrons. The van der Waals surface area contributed by atoms with E-state index in [1.54, 1.807) is 14.2 Å². The van der Waals surface area contributed by atoms with Crippen LogP contribution in [0.3, 0.4) is 0 Å². The van der Waals surface area contributed by atoms with Crippen molar-refractivity contribution in [3.63, 3.8) is 0 Å². The summed E-state index contributed by atoms with van der Waals surface area (Å²) in [4.78, 5) is 8.30. The maximum absolute atomic E-state index is 5.06. The van der Waals surface area contributed by atoms with Crippen molar-refractivity contribution < 1.29 is 9.26 Å². The number of aliphatic imine (C=N–C) groups is 1. The van der Waals surface area contributed by atoms with Crippen LogP contribution in [0.5, 0.6) is 0 Å².